The summed E-state index contributed by atoms with van der Waals surface area (Å²) < 4.78 is 24.3. The highest BCUT2D eigenvalue weighted by Crippen LogP contribution is 2.38. The Labute approximate surface area is 282 Å². The van der Waals surface area contributed by atoms with Gasteiger partial charge >= 0.3 is 0 Å². The van der Waals surface area contributed by atoms with E-state index in [1.54, 1.807) is 24.1 Å². The molecule has 3 N–H and O–H groups in total. The number of aliphatic hydroxyl groups excluding tert-OH is 1. The van der Waals surface area contributed by atoms with Gasteiger partial charge in [-0.2, -0.15) is 0 Å². The van der Waals surface area contributed by atoms with E-state index in [9.17, 15) is 19.1 Å². The third-order valence-corrected chi connectivity index (χ3v) is 10.0. The van der Waals surface area contributed by atoms with E-state index in [1.807, 2.05) is 42.8 Å². The Morgan fingerprint density at radius 3 is 2.53 bits per heavy atom. The number of fused-ring (bicyclic) bond motifs is 2. The van der Waals surface area contributed by atoms with Crippen molar-refractivity contribution in [2.24, 2.45) is 18.7 Å². The van der Waals surface area contributed by atoms with Gasteiger partial charge in [0, 0.05) is 50.1 Å². The number of benzene rings is 1. The summed E-state index contributed by atoms with van der Waals surface area (Å²) in [6.07, 6.45) is 0.820. The van der Waals surface area contributed by atoms with E-state index in [0.29, 0.717) is 70.9 Å². The average molecular weight is 667 g/mol. The van der Waals surface area contributed by atoms with Crippen molar-refractivity contribution in [2.45, 2.75) is 57.5 Å². The number of imidazole rings is 1. The molecule has 4 aromatic heterocycles. The third kappa shape index (κ3) is 5.50. The predicted octanol–water partition coefficient (Wildman–Crippen LogP) is 3.99. The highest BCUT2D eigenvalue weighted by atomic mass is 19.1. The van der Waals surface area contributed by atoms with E-state index in [-0.39, 0.29) is 24.8 Å². The average Bonchev–Trinajstić information content (AvgIpc) is 3.64. The van der Waals surface area contributed by atoms with Crippen molar-refractivity contribution in [2.75, 3.05) is 31.6 Å². The zero-order valence-corrected chi connectivity index (χ0v) is 27.8. The predicted molar refractivity (Wildman–Crippen MR) is 183 cm³/mol. The van der Waals surface area contributed by atoms with E-state index in [0.717, 1.165) is 41.6 Å². The van der Waals surface area contributed by atoms with Crippen LogP contribution in [0.1, 0.15) is 41.7 Å². The molecule has 1 aromatic carbocycles. The number of aryl methyl sites for hydroxylation is 2. The summed E-state index contributed by atoms with van der Waals surface area (Å²) >= 11 is 0. The first kappa shape index (κ1) is 31.4. The number of hydrogen-bond acceptors (Lipinski definition) is 8. The summed E-state index contributed by atoms with van der Waals surface area (Å²) in [4.78, 5) is 44.0. The first-order valence-corrected chi connectivity index (χ1v) is 16.8. The molecule has 0 bridgehead atoms. The van der Waals surface area contributed by atoms with Crippen molar-refractivity contribution in [1.82, 2.24) is 29.0 Å². The number of likely N-dealkylation sites (tertiary alicyclic amines) is 1. The smallest absolute Gasteiger partial charge is 0.255 e. The van der Waals surface area contributed by atoms with Gasteiger partial charge in [-0.1, -0.05) is 0 Å². The molecular formula is C36H39FN8O4. The number of carbonyl (C=O) groups excluding carboxylic acids is 2. The second-order valence-corrected chi connectivity index (χ2v) is 13.6. The summed E-state index contributed by atoms with van der Waals surface area (Å²) in [5.74, 6) is 1.15. The number of ether oxygens (including phenoxy) is 1. The van der Waals surface area contributed by atoms with Crippen LogP contribution in [0.3, 0.4) is 0 Å². The number of alkyl halides is 1. The second kappa shape index (κ2) is 11.9. The normalized spacial score (nSPS) is 21.3. The van der Waals surface area contributed by atoms with Crippen molar-refractivity contribution >= 4 is 39.6 Å². The molecule has 2 aliphatic heterocycles. The van der Waals surface area contributed by atoms with Crippen LogP contribution in [0.25, 0.3) is 45.0 Å². The maximum absolute atomic E-state index is 14.3. The highest BCUT2D eigenvalue weighted by Gasteiger charge is 2.33. The third-order valence-electron chi connectivity index (χ3n) is 10.0. The van der Waals surface area contributed by atoms with Gasteiger partial charge in [0.15, 0.2) is 5.82 Å². The number of piperidine rings is 1. The van der Waals surface area contributed by atoms with Crippen LogP contribution in [0.4, 0.5) is 10.1 Å². The van der Waals surface area contributed by atoms with Gasteiger partial charge in [-0.05, 0) is 74.6 Å². The zero-order valence-electron chi connectivity index (χ0n) is 27.8. The fourth-order valence-electron chi connectivity index (χ4n) is 7.33. The monoisotopic (exact) mass is 666 g/mol. The molecule has 3 fully saturated rings. The summed E-state index contributed by atoms with van der Waals surface area (Å²) in [6, 6.07) is 12.9. The molecule has 5 aromatic rings. The molecule has 49 heavy (non-hydrogen) atoms. The fraction of sp³-hybridized carbons (Fsp3) is 0.417. The Kier molecular flexibility index (Phi) is 7.63. The maximum atomic E-state index is 14.3. The molecule has 1 unspecified atom stereocenters. The molecule has 1 saturated carbocycles. The van der Waals surface area contributed by atoms with Gasteiger partial charge in [0.2, 0.25) is 0 Å². The zero-order chi connectivity index (χ0) is 34.1. The molecule has 1 aliphatic carbocycles. The fourth-order valence-corrected chi connectivity index (χ4v) is 7.33. The lowest BCUT2D eigenvalue weighted by Gasteiger charge is -2.33. The number of carbonyl (C=O) groups is 2. The van der Waals surface area contributed by atoms with Gasteiger partial charge in [-0.25, -0.2) is 19.3 Å². The lowest BCUT2D eigenvalue weighted by atomic mass is 10.0. The molecule has 2 amide bonds. The number of anilines is 1. The molecule has 3 aliphatic rings. The first-order valence-electron chi connectivity index (χ1n) is 16.8. The molecule has 12 nitrogen and oxygen atoms in total. The van der Waals surface area contributed by atoms with Crippen molar-refractivity contribution in [1.29, 1.82) is 0 Å². The number of aromatic nitrogens is 5. The Morgan fingerprint density at radius 1 is 1.06 bits per heavy atom. The Balaban J connectivity index is 1.19. The molecule has 13 heteroatoms. The molecule has 3 atom stereocenters. The van der Waals surface area contributed by atoms with Crippen LogP contribution in [0.2, 0.25) is 0 Å². The topological polar surface area (TPSA) is 145 Å². The number of nitrogens with two attached hydrogens (primary N) is 1. The van der Waals surface area contributed by atoms with Crippen LogP contribution in [0.5, 0.6) is 5.75 Å². The SMILES string of the molecule is COc1cc(C(=O)N2C[C@H](N)C[C@@H](F)C2)cc2nc(-c3cc4ccc(-c5ccc(N6CCC(O)C6=O)c(C)n5)nc4n3CC3CC3)n(C)c12. The Hall–Kier alpha value is -4.88. The van der Waals surface area contributed by atoms with Crippen LogP contribution in [-0.2, 0) is 18.4 Å². The van der Waals surface area contributed by atoms with E-state index in [1.165, 1.54) is 4.90 Å². The molecule has 6 heterocycles. The number of halogens is 1. The van der Waals surface area contributed by atoms with Gasteiger partial charge in [0.1, 0.15) is 29.2 Å². The number of hydrogen-bond donors (Lipinski definition) is 2. The number of amides is 2. The van der Waals surface area contributed by atoms with Crippen molar-refractivity contribution < 1.29 is 23.8 Å². The highest BCUT2D eigenvalue weighted by molar-refractivity contribution is 6.01. The van der Waals surface area contributed by atoms with Crippen LogP contribution in [0.15, 0.2) is 42.5 Å². The number of nitrogens with zero attached hydrogens (tertiary/aromatic N) is 7. The standard InChI is InChI=1S/C36H39FN8O4/c1-19-28(44-11-10-30(46)36(44)48)9-8-25(39-19)26-7-6-21-13-29(45(33(21)40-26)16-20-4-5-20)34-41-27-12-22(14-31(49-3)32(27)42(34)2)35(47)43-17-23(37)15-24(38)18-43/h6-9,12-14,20,23-24,30,46H,4-5,10-11,15-18,38H2,1-3H3/t23-,24-,30?/m1/s1. The maximum Gasteiger partial charge on any atom is 0.255 e. The van der Waals surface area contributed by atoms with Crippen LogP contribution >= 0.6 is 0 Å². The van der Waals surface area contributed by atoms with Gasteiger partial charge in [-0.15, -0.1) is 0 Å². The van der Waals surface area contributed by atoms with Crippen LogP contribution in [-0.4, -0.2) is 91.0 Å². The molecule has 0 radical (unpaired) electrons. The number of rotatable bonds is 7. The van der Waals surface area contributed by atoms with Gasteiger partial charge < -0.3 is 34.5 Å². The van der Waals surface area contributed by atoms with Crippen molar-refractivity contribution in [3.05, 3.63) is 53.7 Å². The Bertz CT molecular complexity index is 2130. The van der Waals surface area contributed by atoms with E-state index >= 15 is 0 Å². The lowest BCUT2D eigenvalue weighted by Crippen LogP contribution is -2.50. The van der Waals surface area contributed by atoms with Gasteiger partial charge in [-0.3, -0.25) is 9.59 Å². The van der Waals surface area contributed by atoms with E-state index in [4.69, 9.17) is 25.4 Å². The largest absolute Gasteiger partial charge is 0.494 e. The number of aliphatic hydroxyl groups is 1. The molecular weight excluding hydrogens is 627 g/mol. The first-order chi connectivity index (χ1) is 23.6. The lowest BCUT2D eigenvalue weighted by molar-refractivity contribution is -0.124. The summed E-state index contributed by atoms with van der Waals surface area (Å²) in [5.41, 5.74) is 12.2. The van der Waals surface area contributed by atoms with Gasteiger partial charge in [0.25, 0.3) is 11.8 Å². The molecule has 254 valence electrons. The Morgan fingerprint density at radius 2 is 1.84 bits per heavy atom. The number of methoxy groups -OCH3 is 1. The minimum absolute atomic E-state index is 0.0120. The quantitative estimate of drug-likeness (QED) is 0.266. The minimum Gasteiger partial charge on any atom is -0.494 e. The molecule has 2 saturated heterocycles. The second-order valence-electron chi connectivity index (χ2n) is 13.6. The molecule has 0 spiro atoms. The van der Waals surface area contributed by atoms with Crippen LogP contribution < -0.4 is 15.4 Å². The summed E-state index contributed by atoms with van der Waals surface area (Å²) in [6.45, 7) is 3.41. The number of pyridine rings is 2. The van der Waals surface area contributed by atoms with Crippen molar-refractivity contribution in [3.63, 3.8) is 0 Å². The summed E-state index contributed by atoms with van der Waals surface area (Å²) in [7, 11) is 3.50. The minimum atomic E-state index is -1.16. The van der Waals surface area contributed by atoms with Crippen molar-refractivity contribution in [3.8, 4) is 28.7 Å². The van der Waals surface area contributed by atoms with E-state index < -0.39 is 18.3 Å². The summed E-state index contributed by atoms with van der Waals surface area (Å²) in [5, 5.41) is 10.9. The van der Waals surface area contributed by atoms with E-state index in [2.05, 4.69) is 10.6 Å². The van der Waals surface area contributed by atoms with Crippen LogP contribution in [0, 0.1) is 12.8 Å². The molecule has 8 rings (SSSR count). The van der Waals surface area contributed by atoms with Gasteiger partial charge in [0.05, 0.1) is 47.6 Å².